The number of amides is 1. The molecule has 1 fully saturated rings. The van der Waals surface area contributed by atoms with E-state index in [1.54, 1.807) is 12.1 Å². The number of benzene rings is 2. The molecule has 0 aliphatic carbocycles. The molecule has 0 spiro atoms. The Balaban J connectivity index is 1.45. The first-order chi connectivity index (χ1) is 14.2. The van der Waals surface area contributed by atoms with Crippen LogP contribution in [0.2, 0.25) is 0 Å². The number of ether oxygens (including phenoxy) is 2. The van der Waals surface area contributed by atoms with E-state index in [4.69, 9.17) is 9.47 Å². The molecule has 1 atom stereocenters. The number of anilines is 2. The molecular weight excluding hydrogens is 368 g/mol. The average Bonchev–Trinajstić information content (AvgIpc) is 2.77. The number of carbonyl (C=O) groups excluding carboxylic acids is 2. The highest BCUT2D eigenvalue weighted by atomic mass is 16.6. The van der Waals surface area contributed by atoms with Crippen molar-refractivity contribution in [3.05, 3.63) is 54.6 Å². The molecular formula is C23H28N2O4. The van der Waals surface area contributed by atoms with Gasteiger partial charge in [-0.3, -0.25) is 4.79 Å². The summed E-state index contributed by atoms with van der Waals surface area (Å²) in [6, 6.07) is 16.8. The van der Waals surface area contributed by atoms with Gasteiger partial charge in [0.25, 0.3) is 5.91 Å². The Kier molecular flexibility index (Phi) is 7.50. The summed E-state index contributed by atoms with van der Waals surface area (Å²) in [5.41, 5.74) is 1.84. The molecule has 1 amide bonds. The SMILES string of the molecule is CC[C@H](Oc1ccccc1)C(=O)OCC(=O)Nc1ccc(N2CCCCC2)cc1. The zero-order valence-electron chi connectivity index (χ0n) is 16.8. The molecule has 154 valence electrons. The van der Waals surface area contributed by atoms with Crippen molar-refractivity contribution in [2.75, 3.05) is 29.9 Å². The third-order valence-electron chi connectivity index (χ3n) is 4.87. The maximum Gasteiger partial charge on any atom is 0.347 e. The molecule has 0 unspecified atom stereocenters. The Labute approximate surface area is 171 Å². The molecule has 0 radical (unpaired) electrons. The number of nitrogens with zero attached hydrogens (tertiary/aromatic N) is 1. The summed E-state index contributed by atoms with van der Waals surface area (Å²) in [4.78, 5) is 26.7. The van der Waals surface area contributed by atoms with Crippen LogP contribution >= 0.6 is 0 Å². The van der Waals surface area contributed by atoms with Crippen molar-refractivity contribution in [1.29, 1.82) is 0 Å². The van der Waals surface area contributed by atoms with Crippen molar-refractivity contribution in [2.24, 2.45) is 0 Å². The molecule has 3 rings (SSSR count). The van der Waals surface area contributed by atoms with Crippen molar-refractivity contribution in [3.63, 3.8) is 0 Å². The number of carbonyl (C=O) groups is 2. The number of hydrogen-bond donors (Lipinski definition) is 1. The maximum absolute atomic E-state index is 12.2. The van der Waals surface area contributed by atoms with Crippen LogP contribution in [0.1, 0.15) is 32.6 Å². The second kappa shape index (κ2) is 10.5. The summed E-state index contributed by atoms with van der Waals surface area (Å²) in [5, 5.41) is 2.76. The van der Waals surface area contributed by atoms with Crippen LogP contribution in [0, 0.1) is 0 Å². The lowest BCUT2D eigenvalue weighted by Gasteiger charge is -2.28. The van der Waals surface area contributed by atoms with Gasteiger partial charge in [-0.1, -0.05) is 25.1 Å². The fourth-order valence-electron chi connectivity index (χ4n) is 3.30. The summed E-state index contributed by atoms with van der Waals surface area (Å²) >= 11 is 0. The van der Waals surface area contributed by atoms with Crippen molar-refractivity contribution >= 4 is 23.3 Å². The average molecular weight is 396 g/mol. The van der Waals surface area contributed by atoms with E-state index in [-0.39, 0.29) is 12.5 Å². The van der Waals surface area contributed by atoms with E-state index in [9.17, 15) is 9.59 Å². The lowest BCUT2D eigenvalue weighted by molar-refractivity contribution is -0.154. The highest BCUT2D eigenvalue weighted by Gasteiger charge is 2.21. The quantitative estimate of drug-likeness (QED) is 0.683. The van der Waals surface area contributed by atoms with Gasteiger partial charge in [0.1, 0.15) is 5.75 Å². The predicted molar refractivity (Wildman–Crippen MR) is 113 cm³/mol. The Hall–Kier alpha value is -3.02. The molecule has 1 aliphatic heterocycles. The normalized spacial score (nSPS) is 14.7. The molecule has 6 heteroatoms. The highest BCUT2D eigenvalue weighted by Crippen LogP contribution is 2.21. The number of esters is 1. The van der Waals surface area contributed by atoms with Gasteiger partial charge < -0.3 is 19.7 Å². The Morgan fingerprint density at radius 2 is 1.69 bits per heavy atom. The number of rotatable bonds is 8. The molecule has 1 N–H and O–H groups in total. The Morgan fingerprint density at radius 1 is 1.00 bits per heavy atom. The van der Waals surface area contributed by atoms with Gasteiger partial charge in [0.05, 0.1) is 0 Å². The number of hydrogen-bond acceptors (Lipinski definition) is 5. The molecule has 0 bridgehead atoms. The number of para-hydroxylation sites is 1. The third kappa shape index (κ3) is 6.24. The molecule has 1 aliphatic rings. The molecule has 29 heavy (non-hydrogen) atoms. The molecule has 2 aromatic rings. The number of piperidine rings is 1. The summed E-state index contributed by atoms with van der Waals surface area (Å²) in [7, 11) is 0. The van der Waals surface area contributed by atoms with Gasteiger partial charge in [0.15, 0.2) is 12.7 Å². The van der Waals surface area contributed by atoms with E-state index >= 15 is 0 Å². The lowest BCUT2D eigenvalue weighted by atomic mass is 10.1. The molecule has 1 saturated heterocycles. The number of nitrogens with one attached hydrogen (secondary N) is 1. The van der Waals surface area contributed by atoms with Crippen LogP contribution in [0.25, 0.3) is 0 Å². The van der Waals surface area contributed by atoms with Gasteiger partial charge >= 0.3 is 5.97 Å². The van der Waals surface area contributed by atoms with E-state index in [1.807, 2.05) is 49.4 Å². The Morgan fingerprint density at radius 3 is 2.34 bits per heavy atom. The van der Waals surface area contributed by atoms with Crippen molar-refractivity contribution in [3.8, 4) is 5.75 Å². The lowest BCUT2D eigenvalue weighted by Crippen LogP contribution is -2.31. The minimum Gasteiger partial charge on any atom is -0.479 e. The van der Waals surface area contributed by atoms with E-state index < -0.39 is 12.1 Å². The smallest absolute Gasteiger partial charge is 0.347 e. The first-order valence-corrected chi connectivity index (χ1v) is 10.2. The van der Waals surface area contributed by atoms with E-state index in [1.165, 1.54) is 19.3 Å². The third-order valence-corrected chi connectivity index (χ3v) is 4.87. The topological polar surface area (TPSA) is 67.9 Å². The van der Waals surface area contributed by atoms with E-state index in [0.717, 1.165) is 18.8 Å². The van der Waals surface area contributed by atoms with Gasteiger partial charge in [0.2, 0.25) is 0 Å². The molecule has 2 aromatic carbocycles. The van der Waals surface area contributed by atoms with E-state index in [0.29, 0.717) is 17.9 Å². The summed E-state index contributed by atoms with van der Waals surface area (Å²) in [5.74, 6) is -0.333. The van der Waals surface area contributed by atoms with Crippen LogP contribution in [0.4, 0.5) is 11.4 Å². The zero-order chi connectivity index (χ0) is 20.5. The highest BCUT2D eigenvalue weighted by molar-refractivity contribution is 5.93. The predicted octanol–water partition coefficient (Wildman–Crippen LogP) is 4.02. The second-order valence-corrected chi connectivity index (χ2v) is 7.08. The minimum atomic E-state index is -0.742. The van der Waals surface area contributed by atoms with Gasteiger partial charge in [-0.15, -0.1) is 0 Å². The molecule has 1 heterocycles. The summed E-state index contributed by atoms with van der Waals surface area (Å²) < 4.78 is 10.8. The summed E-state index contributed by atoms with van der Waals surface area (Å²) in [6.45, 7) is 3.64. The molecule has 0 aromatic heterocycles. The Bertz CT molecular complexity index is 786. The van der Waals surface area contributed by atoms with Gasteiger partial charge in [-0.2, -0.15) is 0 Å². The standard InChI is InChI=1S/C23H28N2O4/c1-2-21(29-20-9-5-3-6-10-20)23(27)28-17-22(26)24-18-11-13-19(14-12-18)25-15-7-4-8-16-25/h3,5-6,9-14,21H,2,4,7-8,15-17H2,1H3,(H,24,26)/t21-/m0/s1. The van der Waals surface area contributed by atoms with Crippen molar-refractivity contribution in [1.82, 2.24) is 0 Å². The molecule has 0 saturated carbocycles. The van der Waals surface area contributed by atoms with Gasteiger partial charge in [-0.25, -0.2) is 4.79 Å². The van der Waals surface area contributed by atoms with Gasteiger partial charge in [-0.05, 0) is 62.1 Å². The van der Waals surface area contributed by atoms with Crippen LogP contribution < -0.4 is 15.0 Å². The van der Waals surface area contributed by atoms with Crippen LogP contribution in [-0.4, -0.2) is 37.7 Å². The zero-order valence-corrected chi connectivity index (χ0v) is 16.8. The van der Waals surface area contributed by atoms with E-state index in [2.05, 4.69) is 10.2 Å². The van der Waals surface area contributed by atoms with Gasteiger partial charge in [0, 0.05) is 24.5 Å². The first-order valence-electron chi connectivity index (χ1n) is 10.2. The van der Waals surface area contributed by atoms with Crippen LogP contribution in [0.3, 0.4) is 0 Å². The minimum absolute atomic E-state index is 0.346. The van der Waals surface area contributed by atoms with Crippen LogP contribution in [0.15, 0.2) is 54.6 Å². The molecule has 6 nitrogen and oxygen atoms in total. The van der Waals surface area contributed by atoms with Crippen molar-refractivity contribution < 1.29 is 19.1 Å². The van der Waals surface area contributed by atoms with Crippen molar-refractivity contribution in [2.45, 2.75) is 38.7 Å². The van der Waals surface area contributed by atoms with Crippen LogP contribution in [0.5, 0.6) is 5.75 Å². The second-order valence-electron chi connectivity index (χ2n) is 7.08. The van der Waals surface area contributed by atoms with Crippen LogP contribution in [-0.2, 0) is 14.3 Å². The monoisotopic (exact) mass is 396 g/mol. The first kappa shape index (κ1) is 20.7. The fraction of sp³-hybridized carbons (Fsp3) is 0.391. The summed E-state index contributed by atoms with van der Waals surface area (Å²) in [6.07, 6.45) is 3.44. The largest absolute Gasteiger partial charge is 0.479 e. The fourth-order valence-corrected chi connectivity index (χ4v) is 3.30. The maximum atomic E-state index is 12.2.